The number of piperazine rings is 1. The molecule has 26 heavy (non-hydrogen) atoms. The van der Waals surface area contributed by atoms with Gasteiger partial charge in [-0.2, -0.15) is 0 Å². The summed E-state index contributed by atoms with van der Waals surface area (Å²) >= 11 is 0. The van der Waals surface area contributed by atoms with E-state index in [1.165, 1.54) is 18.2 Å². The van der Waals surface area contributed by atoms with E-state index >= 15 is 0 Å². The van der Waals surface area contributed by atoms with Crippen LogP contribution in [0.2, 0.25) is 0 Å². The zero-order chi connectivity index (χ0) is 18.7. The third-order valence-corrected chi connectivity index (χ3v) is 5.17. The average molecular weight is 359 g/mol. The highest BCUT2D eigenvalue weighted by molar-refractivity contribution is 5.55. The molecule has 1 fully saturated rings. The van der Waals surface area contributed by atoms with Gasteiger partial charge in [0.1, 0.15) is 11.6 Å². The summed E-state index contributed by atoms with van der Waals surface area (Å²) in [5.41, 5.74) is 3.06. The van der Waals surface area contributed by atoms with Gasteiger partial charge in [0.25, 0.3) is 0 Å². The van der Waals surface area contributed by atoms with Crippen LogP contribution in [0.3, 0.4) is 0 Å². The Morgan fingerprint density at radius 2 is 1.46 bits per heavy atom. The molecule has 1 saturated heterocycles. The van der Waals surface area contributed by atoms with E-state index in [-0.39, 0.29) is 23.7 Å². The summed E-state index contributed by atoms with van der Waals surface area (Å²) in [4.78, 5) is 4.63. The van der Waals surface area contributed by atoms with Crippen LogP contribution in [0.1, 0.15) is 37.1 Å². The van der Waals surface area contributed by atoms with Crippen molar-refractivity contribution in [1.82, 2.24) is 10.2 Å². The van der Waals surface area contributed by atoms with Gasteiger partial charge in [0, 0.05) is 44.0 Å². The topological polar surface area (TPSA) is 18.5 Å². The van der Waals surface area contributed by atoms with Crippen molar-refractivity contribution >= 4 is 5.69 Å². The quantitative estimate of drug-likeness (QED) is 0.866. The number of likely N-dealkylation sites (N-methyl/N-ethyl adjacent to an activating group) is 1. The van der Waals surface area contributed by atoms with Gasteiger partial charge in [0.05, 0.1) is 0 Å². The van der Waals surface area contributed by atoms with Crippen LogP contribution in [0.5, 0.6) is 0 Å². The van der Waals surface area contributed by atoms with Gasteiger partial charge in [-0.25, -0.2) is 8.78 Å². The molecule has 0 aliphatic carbocycles. The van der Waals surface area contributed by atoms with Gasteiger partial charge in [-0.05, 0) is 62.4 Å². The number of anilines is 1. The molecule has 140 valence electrons. The van der Waals surface area contributed by atoms with Crippen molar-refractivity contribution in [2.75, 3.05) is 38.1 Å². The third kappa shape index (κ3) is 4.40. The number of hydrogen-bond acceptors (Lipinski definition) is 3. The smallest absolute Gasteiger partial charge is 0.123 e. The molecular weight excluding hydrogens is 332 g/mol. The van der Waals surface area contributed by atoms with Crippen LogP contribution in [0.25, 0.3) is 0 Å². The van der Waals surface area contributed by atoms with Crippen molar-refractivity contribution in [3.63, 3.8) is 0 Å². The zero-order valence-electron chi connectivity index (χ0n) is 15.7. The normalized spacial score (nSPS) is 18.0. The van der Waals surface area contributed by atoms with Crippen LogP contribution in [-0.2, 0) is 0 Å². The van der Waals surface area contributed by atoms with Crippen LogP contribution in [0, 0.1) is 11.6 Å². The lowest BCUT2D eigenvalue weighted by molar-refractivity contribution is 0.312. The summed E-state index contributed by atoms with van der Waals surface area (Å²) in [6, 6.07) is 11.6. The van der Waals surface area contributed by atoms with E-state index < -0.39 is 0 Å². The first-order chi connectivity index (χ1) is 12.4. The standard InChI is InChI=1S/C21H27F2N3/c1-15(17-4-6-18(22)7-5-17)24-16(2)20-14-19(23)8-9-21(20)26-12-10-25(3)11-13-26/h4-9,14-16,24H,10-13H2,1-3H3/t15-,16-/m0/s1. The highest BCUT2D eigenvalue weighted by Gasteiger charge is 2.21. The van der Waals surface area contributed by atoms with Crippen molar-refractivity contribution in [2.24, 2.45) is 0 Å². The fourth-order valence-electron chi connectivity index (χ4n) is 3.52. The van der Waals surface area contributed by atoms with Crippen LogP contribution in [0.4, 0.5) is 14.5 Å². The predicted molar refractivity (Wildman–Crippen MR) is 102 cm³/mol. The minimum absolute atomic E-state index is 0.0274. The van der Waals surface area contributed by atoms with E-state index in [0.717, 1.165) is 43.0 Å². The molecular formula is C21H27F2N3. The molecule has 0 bridgehead atoms. The lowest BCUT2D eigenvalue weighted by Gasteiger charge is -2.36. The number of hydrogen-bond donors (Lipinski definition) is 1. The van der Waals surface area contributed by atoms with Crippen LogP contribution in [0.15, 0.2) is 42.5 Å². The molecule has 1 aliphatic rings. The van der Waals surface area contributed by atoms with E-state index in [4.69, 9.17) is 0 Å². The molecule has 3 nitrogen and oxygen atoms in total. The number of benzene rings is 2. The minimum Gasteiger partial charge on any atom is -0.369 e. The molecule has 2 aromatic carbocycles. The summed E-state index contributed by atoms with van der Waals surface area (Å²) < 4.78 is 27.1. The monoisotopic (exact) mass is 359 g/mol. The molecule has 0 amide bonds. The van der Waals surface area contributed by atoms with Gasteiger partial charge in [0.2, 0.25) is 0 Å². The third-order valence-electron chi connectivity index (χ3n) is 5.17. The van der Waals surface area contributed by atoms with Gasteiger partial charge in [-0.1, -0.05) is 12.1 Å². The molecule has 2 atom stereocenters. The van der Waals surface area contributed by atoms with Crippen molar-refractivity contribution in [1.29, 1.82) is 0 Å². The molecule has 0 spiro atoms. The molecule has 2 aromatic rings. The second kappa shape index (κ2) is 8.14. The van der Waals surface area contributed by atoms with E-state index in [1.807, 2.05) is 19.9 Å². The van der Waals surface area contributed by atoms with E-state index in [0.29, 0.717) is 0 Å². The average Bonchev–Trinajstić information content (AvgIpc) is 2.63. The summed E-state index contributed by atoms with van der Waals surface area (Å²) in [7, 11) is 2.12. The first-order valence-corrected chi connectivity index (χ1v) is 9.18. The first-order valence-electron chi connectivity index (χ1n) is 9.18. The number of rotatable bonds is 5. The van der Waals surface area contributed by atoms with Gasteiger partial charge >= 0.3 is 0 Å². The van der Waals surface area contributed by atoms with E-state index in [9.17, 15) is 8.78 Å². The molecule has 0 radical (unpaired) electrons. The highest BCUT2D eigenvalue weighted by atomic mass is 19.1. The van der Waals surface area contributed by atoms with E-state index in [1.54, 1.807) is 18.2 Å². The summed E-state index contributed by atoms with van der Waals surface area (Å²) in [5.74, 6) is -0.461. The molecule has 0 saturated carbocycles. The van der Waals surface area contributed by atoms with Crippen molar-refractivity contribution in [3.8, 4) is 0 Å². The molecule has 3 rings (SSSR count). The minimum atomic E-state index is -0.239. The van der Waals surface area contributed by atoms with Crippen LogP contribution in [-0.4, -0.2) is 38.1 Å². The zero-order valence-corrected chi connectivity index (χ0v) is 15.7. The number of halogens is 2. The Bertz CT molecular complexity index is 725. The van der Waals surface area contributed by atoms with Gasteiger partial charge in [-0.3, -0.25) is 0 Å². The Morgan fingerprint density at radius 1 is 0.846 bits per heavy atom. The first kappa shape index (κ1) is 18.8. The molecule has 0 unspecified atom stereocenters. The lowest BCUT2D eigenvalue weighted by Crippen LogP contribution is -2.45. The molecule has 1 aliphatic heterocycles. The molecule has 5 heteroatoms. The van der Waals surface area contributed by atoms with Gasteiger partial charge < -0.3 is 15.1 Å². The lowest BCUT2D eigenvalue weighted by atomic mass is 10.0. The largest absolute Gasteiger partial charge is 0.369 e. The maximum atomic E-state index is 13.9. The fourth-order valence-corrected chi connectivity index (χ4v) is 3.52. The number of nitrogens with one attached hydrogen (secondary N) is 1. The molecule has 0 aromatic heterocycles. The molecule has 1 heterocycles. The molecule has 1 N–H and O–H groups in total. The van der Waals surface area contributed by atoms with Crippen molar-refractivity contribution in [2.45, 2.75) is 25.9 Å². The van der Waals surface area contributed by atoms with Crippen LogP contribution < -0.4 is 10.2 Å². The summed E-state index contributed by atoms with van der Waals surface area (Å²) in [6.07, 6.45) is 0. The Labute approximate surface area is 154 Å². The van der Waals surface area contributed by atoms with Crippen LogP contribution >= 0.6 is 0 Å². The highest BCUT2D eigenvalue weighted by Crippen LogP contribution is 2.30. The summed E-state index contributed by atoms with van der Waals surface area (Å²) in [6.45, 7) is 7.98. The Hall–Kier alpha value is -1.98. The predicted octanol–water partition coefficient (Wildman–Crippen LogP) is 4.13. The number of nitrogens with zero attached hydrogens (tertiary/aromatic N) is 2. The second-order valence-corrected chi connectivity index (χ2v) is 7.16. The van der Waals surface area contributed by atoms with Gasteiger partial charge in [-0.15, -0.1) is 0 Å². The maximum Gasteiger partial charge on any atom is 0.123 e. The second-order valence-electron chi connectivity index (χ2n) is 7.16. The Kier molecular flexibility index (Phi) is 5.89. The van der Waals surface area contributed by atoms with Crippen molar-refractivity contribution in [3.05, 3.63) is 65.2 Å². The Morgan fingerprint density at radius 3 is 2.12 bits per heavy atom. The summed E-state index contributed by atoms with van der Waals surface area (Å²) in [5, 5.41) is 3.52. The van der Waals surface area contributed by atoms with Gasteiger partial charge in [0.15, 0.2) is 0 Å². The Balaban J connectivity index is 1.78. The van der Waals surface area contributed by atoms with E-state index in [2.05, 4.69) is 22.2 Å². The fraction of sp³-hybridized carbons (Fsp3) is 0.429. The SMILES string of the molecule is C[C@H](N[C@@H](C)c1cc(F)ccc1N1CCN(C)CC1)c1ccc(F)cc1. The maximum absolute atomic E-state index is 13.9. The van der Waals surface area contributed by atoms with Crippen molar-refractivity contribution < 1.29 is 8.78 Å².